The summed E-state index contributed by atoms with van der Waals surface area (Å²) in [5, 5.41) is 6.26. The Morgan fingerprint density at radius 2 is 1.81 bits per heavy atom. The summed E-state index contributed by atoms with van der Waals surface area (Å²) in [4.78, 5) is 12.5. The van der Waals surface area contributed by atoms with Crippen LogP contribution in [0.3, 0.4) is 0 Å². The van der Waals surface area contributed by atoms with Crippen molar-refractivity contribution >= 4 is 38.8 Å². The van der Waals surface area contributed by atoms with E-state index in [4.69, 9.17) is 9.47 Å². The summed E-state index contributed by atoms with van der Waals surface area (Å²) in [7, 11) is 0. The van der Waals surface area contributed by atoms with Crippen molar-refractivity contribution in [2.45, 2.75) is 33.3 Å². The van der Waals surface area contributed by atoms with E-state index in [-0.39, 0.29) is 12.5 Å². The summed E-state index contributed by atoms with van der Waals surface area (Å²) < 4.78 is 13.0. The number of aryl methyl sites for hydroxylation is 1. The normalized spacial score (nSPS) is 11.2. The summed E-state index contributed by atoms with van der Waals surface area (Å²) >= 11 is 3.50. The van der Waals surface area contributed by atoms with Gasteiger partial charge in [-0.1, -0.05) is 84.4 Å². The number of hydrogen-bond donors (Lipinski definition) is 1. The molecule has 0 spiro atoms. The highest BCUT2D eigenvalue weighted by molar-refractivity contribution is 9.10. The van der Waals surface area contributed by atoms with E-state index in [0.29, 0.717) is 18.3 Å². The highest BCUT2D eigenvalue weighted by Crippen LogP contribution is 2.28. The van der Waals surface area contributed by atoms with Gasteiger partial charge in [-0.15, -0.1) is 0 Å². The van der Waals surface area contributed by atoms with Crippen LogP contribution in [0.1, 0.15) is 42.0 Å². The minimum atomic E-state index is -0.334. The zero-order chi connectivity index (χ0) is 25.5. The number of hydrogen-bond acceptors (Lipinski definition) is 4. The zero-order valence-electron chi connectivity index (χ0n) is 20.6. The number of halogens is 1. The predicted octanol–water partition coefficient (Wildman–Crippen LogP) is 7.14. The molecule has 0 radical (unpaired) electrons. The number of nitrogens with one attached hydrogen (secondary N) is 1. The van der Waals surface area contributed by atoms with Crippen LogP contribution in [0.15, 0.2) is 88.4 Å². The summed E-state index contributed by atoms with van der Waals surface area (Å²) in [5.74, 6) is 1.37. The standard InChI is InChI=1S/C30H29BrN2O3/c1-20(2)25-13-11-21(3)15-29(25)36-19-30(34)33-32-17-27-26-10-5-4-8-23(26)12-14-28(27)35-18-22-7-6-9-24(31)16-22/h4-17,20H,18-19H2,1-3H3,(H,33,34)/b32-17-. The largest absolute Gasteiger partial charge is 0.488 e. The highest BCUT2D eigenvalue weighted by Gasteiger charge is 2.11. The maximum absolute atomic E-state index is 12.5. The fourth-order valence-electron chi connectivity index (χ4n) is 3.91. The van der Waals surface area contributed by atoms with Gasteiger partial charge in [-0.05, 0) is 64.6 Å². The second-order valence-electron chi connectivity index (χ2n) is 8.89. The molecule has 4 aromatic rings. The maximum Gasteiger partial charge on any atom is 0.277 e. The van der Waals surface area contributed by atoms with Crippen LogP contribution < -0.4 is 14.9 Å². The lowest BCUT2D eigenvalue weighted by Crippen LogP contribution is -2.25. The third-order valence-electron chi connectivity index (χ3n) is 5.75. The van der Waals surface area contributed by atoms with Crippen molar-refractivity contribution in [3.8, 4) is 11.5 Å². The first-order valence-corrected chi connectivity index (χ1v) is 12.6. The lowest BCUT2D eigenvalue weighted by atomic mass is 10.0. The lowest BCUT2D eigenvalue weighted by Gasteiger charge is -2.14. The van der Waals surface area contributed by atoms with E-state index in [1.807, 2.05) is 85.8 Å². The van der Waals surface area contributed by atoms with Gasteiger partial charge in [0.15, 0.2) is 6.61 Å². The molecule has 5 nitrogen and oxygen atoms in total. The van der Waals surface area contributed by atoms with Gasteiger partial charge in [0.2, 0.25) is 0 Å². The number of fused-ring (bicyclic) bond motifs is 1. The van der Waals surface area contributed by atoms with Crippen molar-refractivity contribution < 1.29 is 14.3 Å². The molecule has 0 atom stereocenters. The van der Waals surface area contributed by atoms with Crippen LogP contribution in [-0.2, 0) is 11.4 Å². The van der Waals surface area contributed by atoms with Crippen molar-refractivity contribution in [2.24, 2.45) is 5.10 Å². The molecule has 0 unspecified atom stereocenters. The molecular formula is C30H29BrN2O3. The zero-order valence-corrected chi connectivity index (χ0v) is 22.2. The van der Waals surface area contributed by atoms with Gasteiger partial charge in [0.25, 0.3) is 5.91 Å². The summed E-state index contributed by atoms with van der Waals surface area (Å²) in [6.45, 7) is 6.49. The summed E-state index contributed by atoms with van der Waals surface area (Å²) in [5.41, 5.74) is 6.57. The molecule has 0 aliphatic carbocycles. The molecule has 0 aliphatic heterocycles. The molecule has 0 heterocycles. The predicted molar refractivity (Wildman–Crippen MR) is 149 cm³/mol. The topological polar surface area (TPSA) is 59.9 Å². The van der Waals surface area contributed by atoms with E-state index in [1.165, 1.54) is 0 Å². The number of carbonyl (C=O) groups is 1. The molecule has 0 saturated heterocycles. The Morgan fingerprint density at radius 1 is 0.972 bits per heavy atom. The molecule has 0 bridgehead atoms. The van der Waals surface area contributed by atoms with Gasteiger partial charge >= 0.3 is 0 Å². The second kappa shape index (κ2) is 11.9. The molecule has 0 saturated carbocycles. The number of benzene rings is 4. The van der Waals surface area contributed by atoms with Gasteiger partial charge < -0.3 is 9.47 Å². The van der Waals surface area contributed by atoms with Gasteiger partial charge in [0, 0.05) is 10.0 Å². The molecule has 184 valence electrons. The minimum Gasteiger partial charge on any atom is -0.488 e. The number of carbonyl (C=O) groups excluding carboxylic acids is 1. The van der Waals surface area contributed by atoms with E-state index in [1.54, 1.807) is 6.21 Å². The van der Waals surface area contributed by atoms with Crippen LogP contribution in [0.4, 0.5) is 0 Å². The van der Waals surface area contributed by atoms with Crippen LogP contribution in [0.25, 0.3) is 10.8 Å². The molecule has 4 aromatic carbocycles. The molecule has 1 N–H and O–H groups in total. The first-order valence-electron chi connectivity index (χ1n) is 11.8. The average molecular weight is 545 g/mol. The van der Waals surface area contributed by atoms with Crippen molar-refractivity contribution in [2.75, 3.05) is 6.61 Å². The fraction of sp³-hybridized carbons (Fsp3) is 0.200. The van der Waals surface area contributed by atoms with Crippen LogP contribution in [0.5, 0.6) is 11.5 Å². The van der Waals surface area contributed by atoms with Crippen LogP contribution in [0.2, 0.25) is 0 Å². The van der Waals surface area contributed by atoms with Crippen molar-refractivity contribution in [1.82, 2.24) is 5.43 Å². The fourth-order valence-corrected chi connectivity index (χ4v) is 4.36. The van der Waals surface area contributed by atoms with Gasteiger partial charge in [0.1, 0.15) is 18.1 Å². The Bertz CT molecular complexity index is 1400. The lowest BCUT2D eigenvalue weighted by molar-refractivity contribution is -0.123. The van der Waals surface area contributed by atoms with E-state index in [9.17, 15) is 4.79 Å². The van der Waals surface area contributed by atoms with Crippen LogP contribution in [0, 0.1) is 6.92 Å². The average Bonchev–Trinajstić information content (AvgIpc) is 2.86. The first-order chi connectivity index (χ1) is 17.4. The quantitative estimate of drug-likeness (QED) is 0.180. The van der Waals surface area contributed by atoms with Crippen LogP contribution in [-0.4, -0.2) is 18.7 Å². The van der Waals surface area contributed by atoms with E-state index in [2.05, 4.69) is 40.3 Å². The first kappa shape index (κ1) is 25.5. The minimum absolute atomic E-state index is 0.123. The number of nitrogens with zero attached hydrogens (tertiary/aromatic N) is 1. The van der Waals surface area contributed by atoms with E-state index >= 15 is 0 Å². The SMILES string of the molecule is Cc1ccc(C(C)C)c(OCC(=O)N/N=C\c2c(OCc3cccc(Br)c3)ccc3ccccc23)c1. The van der Waals surface area contributed by atoms with Crippen molar-refractivity contribution in [3.63, 3.8) is 0 Å². The Hall–Kier alpha value is -3.64. The second-order valence-corrected chi connectivity index (χ2v) is 9.81. The smallest absolute Gasteiger partial charge is 0.277 e. The van der Waals surface area contributed by atoms with Gasteiger partial charge in [0.05, 0.1) is 6.21 Å². The third-order valence-corrected chi connectivity index (χ3v) is 6.24. The van der Waals surface area contributed by atoms with E-state index < -0.39 is 0 Å². The number of hydrazone groups is 1. The number of amides is 1. The Kier molecular flexibility index (Phi) is 8.39. The highest BCUT2D eigenvalue weighted by atomic mass is 79.9. The van der Waals surface area contributed by atoms with Crippen molar-refractivity contribution in [3.05, 3.63) is 106 Å². The monoisotopic (exact) mass is 544 g/mol. The van der Waals surface area contributed by atoms with Gasteiger partial charge in [-0.2, -0.15) is 5.10 Å². The summed E-state index contributed by atoms with van der Waals surface area (Å²) in [6, 6.07) is 26.0. The Balaban J connectivity index is 1.47. The Labute approximate surface area is 220 Å². The van der Waals surface area contributed by atoms with Gasteiger partial charge in [-0.3, -0.25) is 4.79 Å². The molecular weight excluding hydrogens is 516 g/mol. The van der Waals surface area contributed by atoms with Crippen LogP contribution >= 0.6 is 15.9 Å². The summed E-state index contributed by atoms with van der Waals surface area (Å²) in [6.07, 6.45) is 1.63. The number of ether oxygens (including phenoxy) is 2. The molecule has 6 heteroatoms. The molecule has 1 amide bonds. The molecule has 36 heavy (non-hydrogen) atoms. The number of rotatable bonds is 9. The van der Waals surface area contributed by atoms with Crippen molar-refractivity contribution in [1.29, 1.82) is 0 Å². The van der Waals surface area contributed by atoms with E-state index in [0.717, 1.165) is 43.2 Å². The molecule has 0 fully saturated rings. The Morgan fingerprint density at radius 3 is 2.61 bits per heavy atom. The molecule has 4 rings (SSSR count). The third kappa shape index (κ3) is 6.52. The van der Waals surface area contributed by atoms with Gasteiger partial charge in [-0.25, -0.2) is 5.43 Å². The molecule has 0 aromatic heterocycles. The molecule has 0 aliphatic rings. The maximum atomic E-state index is 12.5.